The van der Waals surface area contributed by atoms with E-state index in [1.165, 1.54) is 22.1 Å². The molecule has 0 amide bonds. The predicted molar refractivity (Wildman–Crippen MR) is 125 cm³/mol. The molecule has 2 heterocycles. The molecule has 0 spiro atoms. The lowest BCUT2D eigenvalue weighted by Gasteiger charge is -2.38. The first-order chi connectivity index (χ1) is 15.3. The maximum absolute atomic E-state index is 13.7. The quantitative estimate of drug-likeness (QED) is 0.340. The molecule has 2 aliphatic rings. The average molecular weight is 485 g/mol. The van der Waals surface area contributed by atoms with Gasteiger partial charge in [-0.15, -0.1) is 11.8 Å². The molecule has 1 N–H and O–H groups in total. The smallest absolute Gasteiger partial charge is 0.331 e. The minimum Gasteiger partial charge on any atom is -0.478 e. The summed E-state index contributed by atoms with van der Waals surface area (Å²) in [4.78, 5) is 14.0. The Labute approximate surface area is 194 Å². The van der Waals surface area contributed by atoms with Crippen LogP contribution in [0.1, 0.15) is 39.0 Å². The molecule has 10 heteroatoms. The highest BCUT2D eigenvalue weighted by Gasteiger charge is 2.39. The fourth-order valence-electron chi connectivity index (χ4n) is 4.23. The molecule has 1 aromatic carbocycles. The lowest BCUT2D eigenvalue weighted by atomic mass is 10.0. The zero-order chi connectivity index (χ0) is 23.3. The van der Waals surface area contributed by atoms with Crippen molar-refractivity contribution in [3.05, 3.63) is 24.5 Å². The monoisotopic (exact) mass is 484 g/mol. The van der Waals surface area contributed by atoms with Crippen LogP contribution in [0.2, 0.25) is 0 Å². The molecule has 0 aliphatic carbocycles. The highest BCUT2D eigenvalue weighted by molar-refractivity contribution is 7.98. The van der Waals surface area contributed by atoms with Crippen molar-refractivity contribution in [3.63, 3.8) is 0 Å². The Kier molecular flexibility index (Phi) is 8.49. The molecule has 0 bridgehead atoms. The molecule has 0 radical (unpaired) electrons. The lowest BCUT2D eigenvalue weighted by Crippen LogP contribution is -2.46. The van der Waals surface area contributed by atoms with E-state index in [0.717, 1.165) is 49.3 Å². The van der Waals surface area contributed by atoms with Gasteiger partial charge in [-0.05, 0) is 31.6 Å². The third kappa shape index (κ3) is 5.41. The molecular formula is C22H32N2O6S2. The van der Waals surface area contributed by atoms with Crippen LogP contribution in [0.25, 0.3) is 0 Å². The van der Waals surface area contributed by atoms with Crippen molar-refractivity contribution in [1.82, 2.24) is 4.31 Å². The number of carboxylic acid groups (broad SMARTS) is 1. The zero-order valence-corrected chi connectivity index (χ0v) is 20.5. The normalized spacial score (nSPS) is 22.0. The maximum atomic E-state index is 13.7. The van der Waals surface area contributed by atoms with Crippen molar-refractivity contribution < 1.29 is 27.8 Å². The van der Waals surface area contributed by atoms with E-state index in [9.17, 15) is 13.2 Å². The molecule has 8 nitrogen and oxygen atoms in total. The van der Waals surface area contributed by atoms with Crippen molar-refractivity contribution in [3.8, 4) is 5.75 Å². The van der Waals surface area contributed by atoms with Crippen molar-refractivity contribution in [1.29, 1.82) is 0 Å². The van der Waals surface area contributed by atoms with Crippen LogP contribution < -0.4 is 9.64 Å². The number of fused-ring (bicyclic) bond motifs is 1. The number of carbonyl (C=O) groups is 1. The van der Waals surface area contributed by atoms with Crippen LogP contribution in [0.15, 0.2) is 34.3 Å². The molecule has 1 aromatic rings. The van der Waals surface area contributed by atoms with Gasteiger partial charge >= 0.3 is 5.97 Å². The third-order valence-electron chi connectivity index (χ3n) is 6.06. The first-order valence-electron chi connectivity index (χ1n) is 10.9. The number of sulfonamides is 1. The van der Waals surface area contributed by atoms with E-state index in [4.69, 9.17) is 14.6 Å². The SMILES string of the molecule is CCCCC1CN(C2CCOCC2)c2cc(SC)c(O/C=C/C(=O)O)cc2S(=O)(=O)N1C. The van der Waals surface area contributed by atoms with Crippen LogP contribution in [-0.4, -0.2) is 68.9 Å². The van der Waals surface area contributed by atoms with Crippen LogP contribution in [0.3, 0.4) is 0 Å². The van der Waals surface area contributed by atoms with Crippen molar-refractivity contribution in [2.24, 2.45) is 0 Å². The fraction of sp³-hybridized carbons (Fsp3) is 0.591. The molecule has 32 heavy (non-hydrogen) atoms. The number of thioether (sulfide) groups is 1. The predicted octanol–water partition coefficient (Wildman–Crippen LogP) is 3.56. The molecule has 2 aliphatic heterocycles. The van der Waals surface area contributed by atoms with E-state index in [-0.39, 0.29) is 17.0 Å². The van der Waals surface area contributed by atoms with Crippen LogP contribution >= 0.6 is 11.8 Å². The number of carboxylic acids is 1. The van der Waals surface area contributed by atoms with Gasteiger partial charge in [-0.25, -0.2) is 13.2 Å². The Morgan fingerprint density at radius 1 is 1.34 bits per heavy atom. The molecule has 1 atom stereocenters. The van der Waals surface area contributed by atoms with E-state index >= 15 is 0 Å². The number of benzene rings is 1. The Morgan fingerprint density at radius 3 is 2.69 bits per heavy atom. The van der Waals surface area contributed by atoms with Crippen LogP contribution in [-0.2, 0) is 19.6 Å². The molecule has 1 saturated heterocycles. The average Bonchev–Trinajstić information content (AvgIpc) is 2.86. The summed E-state index contributed by atoms with van der Waals surface area (Å²) < 4.78 is 39.9. The molecule has 0 aromatic heterocycles. The van der Waals surface area contributed by atoms with Gasteiger partial charge in [0.15, 0.2) is 0 Å². The number of likely N-dealkylation sites (N-methyl/N-ethyl adjacent to an activating group) is 1. The Hall–Kier alpha value is -1.75. The summed E-state index contributed by atoms with van der Waals surface area (Å²) in [5.41, 5.74) is 0.682. The largest absolute Gasteiger partial charge is 0.478 e. The van der Waals surface area contributed by atoms with E-state index in [1.54, 1.807) is 7.05 Å². The summed E-state index contributed by atoms with van der Waals surface area (Å²) in [7, 11) is -2.11. The highest BCUT2D eigenvalue weighted by atomic mass is 32.2. The minimum absolute atomic E-state index is 0.135. The summed E-state index contributed by atoms with van der Waals surface area (Å²) in [5.74, 6) is -0.813. The van der Waals surface area contributed by atoms with Gasteiger partial charge < -0.3 is 19.5 Å². The second-order valence-electron chi connectivity index (χ2n) is 8.04. The number of rotatable bonds is 8. The maximum Gasteiger partial charge on any atom is 0.331 e. The number of hydrogen-bond acceptors (Lipinski definition) is 7. The van der Waals surface area contributed by atoms with Gasteiger partial charge in [0.05, 0.1) is 22.9 Å². The summed E-state index contributed by atoms with van der Waals surface area (Å²) in [6.07, 6.45) is 8.26. The molecule has 178 valence electrons. The summed E-state index contributed by atoms with van der Waals surface area (Å²) >= 11 is 1.43. The number of hydrogen-bond donors (Lipinski definition) is 1. The van der Waals surface area contributed by atoms with Gasteiger partial charge in [-0.2, -0.15) is 4.31 Å². The topological polar surface area (TPSA) is 96.4 Å². The number of ether oxygens (including phenoxy) is 2. The van der Waals surface area contributed by atoms with Crippen LogP contribution in [0.4, 0.5) is 5.69 Å². The molecule has 3 rings (SSSR count). The van der Waals surface area contributed by atoms with Crippen LogP contribution in [0.5, 0.6) is 5.75 Å². The van der Waals surface area contributed by atoms with Crippen LogP contribution in [0, 0.1) is 0 Å². The molecule has 0 saturated carbocycles. The minimum atomic E-state index is -3.77. The Balaban J connectivity index is 2.12. The number of unbranched alkanes of at least 4 members (excludes halogenated alkanes) is 1. The van der Waals surface area contributed by atoms with Crippen molar-refractivity contribution in [2.75, 3.05) is 38.0 Å². The number of anilines is 1. The number of nitrogens with zero attached hydrogens (tertiary/aromatic N) is 2. The summed E-state index contributed by atoms with van der Waals surface area (Å²) in [6, 6.07) is 3.46. The van der Waals surface area contributed by atoms with Gasteiger partial charge in [-0.1, -0.05) is 19.8 Å². The molecular weight excluding hydrogens is 452 g/mol. The lowest BCUT2D eigenvalue weighted by molar-refractivity contribution is -0.131. The standard InChI is InChI=1S/C22H32N2O6S2/c1-4-5-6-17-15-24(16-7-10-29-11-8-16)18-13-20(31-3)19(30-12-9-22(25)26)14-21(18)32(27,28)23(17)2/h9,12-14,16-17H,4-8,10-11,15H2,1-3H3,(H,25,26)/b12-9+. The van der Waals surface area contributed by atoms with Gasteiger partial charge in [-0.3, -0.25) is 0 Å². The van der Waals surface area contributed by atoms with E-state index in [1.807, 2.05) is 12.3 Å². The molecule has 1 fully saturated rings. The van der Waals surface area contributed by atoms with Gasteiger partial charge in [0.2, 0.25) is 10.0 Å². The van der Waals surface area contributed by atoms with Gasteiger partial charge in [0.25, 0.3) is 0 Å². The van der Waals surface area contributed by atoms with E-state index < -0.39 is 16.0 Å². The van der Waals surface area contributed by atoms with Gasteiger partial charge in [0.1, 0.15) is 10.6 Å². The Bertz CT molecular complexity index is 944. The number of aliphatic carboxylic acids is 1. The second kappa shape index (κ2) is 10.9. The van der Waals surface area contributed by atoms with Crippen molar-refractivity contribution >= 4 is 33.4 Å². The first-order valence-corrected chi connectivity index (χ1v) is 13.6. The van der Waals surface area contributed by atoms with E-state index in [0.29, 0.717) is 31.2 Å². The fourth-order valence-corrected chi connectivity index (χ4v) is 6.33. The summed E-state index contributed by atoms with van der Waals surface area (Å²) in [5, 5.41) is 8.85. The summed E-state index contributed by atoms with van der Waals surface area (Å²) in [6.45, 7) is 4.06. The Morgan fingerprint density at radius 2 is 2.06 bits per heavy atom. The van der Waals surface area contributed by atoms with Crippen molar-refractivity contribution in [2.45, 2.75) is 60.9 Å². The zero-order valence-electron chi connectivity index (χ0n) is 18.8. The first kappa shape index (κ1) is 24.9. The molecule has 1 unspecified atom stereocenters. The van der Waals surface area contributed by atoms with Gasteiger partial charge in [0, 0.05) is 45.0 Å². The highest BCUT2D eigenvalue weighted by Crippen LogP contribution is 2.42. The third-order valence-corrected chi connectivity index (χ3v) is 8.76. The second-order valence-corrected chi connectivity index (χ2v) is 10.9. The van der Waals surface area contributed by atoms with E-state index in [2.05, 4.69) is 11.8 Å².